The molecule has 2 aliphatic rings. The van der Waals surface area contributed by atoms with Crippen LogP contribution in [0.3, 0.4) is 0 Å². The van der Waals surface area contributed by atoms with Gasteiger partial charge in [0.25, 0.3) is 11.8 Å². The highest BCUT2D eigenvalue weighted by atomic mass is 16.6. The van der Waals surface area contributed by atoms with Crippen molar-refractivity contribution in [2.75, 3.05) is 6.61 Å². The van der Waals surface area contributed by atoms with E-state index in [1.165, 1.54) is 17.0 Å². The molecule has 208 valence electrons. The molecule has 0 spiro atoms. The molecule has 3 aromatic rings. The lowest BCUT2D eigenvalue weighted by Gasteiger charge is -2.36. The average molecular weight is 552 g/mol. The van der Waals surface area contributed by atoms with Crippen molar-refractivity contribution in [3.8, 4) is 28.8 Å². The van der Waals surface area contributed by atoms with Crippen LogP contribution in [0, 0.1) is 21.4 Å². The van der Waals surface area contributed by atoms with Crippen LogP contribution in [-0.4, -0.2) is 44.1 Å². The molecule has 41 heavy (non-hydrogen) atoms. The highest BCUT2D eigenvalue weighted by molar-refractivity contribution is 6.20. The average Bonchev–Trinajstić information content (AvgIpc) is 3.41. The van der Waals surface area contributed by atoms with Gasteiger partial charge in [0.05, 0.1) is 17.2 Å². The molecule has 0 saturated heterocycles. The molecule has 10 nitrogen and oxygen atoms in total. The first kappa shape index (κ1) is 27.5. The van der Waals surface area contributed by atoms with Gasteiger partial charge in [-0.15, -0.1) is 0 Å². The fourth-order valence-electron chi connectivity index (χ4n) is 5.44. The van der Waals surface area contributed by atoms with E-state index in [0.717, 1.165) is 24.9 Å². The first-order valence-corrected chi connectivity index (χ1v) is 13.6. The Labute approximate surface area is 237 Å². The third-order valence-corrected chi connectivity index (χ3v) is 7.50. The molecule has 5 rings (SSSR count). The molecule has 2 amide bonds. The zero-order valence-corrected chi connectivity index (χ0v) is 22.9. The third-order valence-electron chi connectivity index (χ3n) is 7.50. The van der Waals surface area contributed by atoms with E-state index in [4.69, 9.17) is 9.84 Å². The number of nitro benzene ring substituents is 1. The summed E-state index contributed by atoms with van der Waals surface area (Å²) in [7, 11) is 0. The van der Waals surface area contributed by atoms with Gasteiger partial charge in [0.2, 0.25) is 0 Å². The Balaban J connectivity index is 1.69. The van der Waals surface area contributed by atoms with Crippen molar-refractivity contribution < 1.29 is 19.2 Å². The Morgan fingerprint density at radius 3 is 2.51 bits per heavy atom. The van der Waals surface area contributed by atoms with Gasteiger partial charge < -0.3 is 4.74 Å². The maximum atomic E-state index is 13.9. The lowest BCUT2D eigenvalue weighted by atomic mass is 9.88. The molecular formula is C31H29N5O5. The molecule has 1 aliphatic carbocycles. The number of rotatable bonds is 7. The minimum atomic E-state index is -0.554. The van der Waals surface area contributed by atoms with Crippen LogP contribution in [0.2, 0.25) is 0 Å². The van der Waals surface area contributed by atoms with E-state index in [0.29, 0.717) is 35.2 Å². The number of hydrogen-bond donors (Lipinski definition) is 0. The van der Waals surface area contributed by atoms with Gasteiger partial charge in [-0.1, -0.05) is 37.5 Å². The van der Waals surface area contributed by atoms with Gasteiger partial charge in [-0.3, -0.25) is 24.6 Å². The van der Waals surface area contributed by atoms with Crippen LogP contribution in [0.15, 0.2) is 71.4 Å². The summed E-state index contributed by atoms with van der Waals surface area (Å²) in [4.78, 5) is 39.7. The summed E-state index contributed by atoms with van der Waals surface area (Å²) in [6, 6.07) is 15.7. The zero-order valence-electron chi connectivity index (χ0n) is 22.9. The van der Waals surface area contributed by atoms with Gasteiger partial charge >= 0.3 is 5.69 Å². The Kier molecular flexibility index (Phi) is 7.79. The van der Waals surface area contributed by atoms with Gasteiger partial charge in [0.1, 0.15) is 17.3 Å². The van der Waals surface area contributed by atoms with E-state index in [9.17, 15) is 25.0 Å². The highest BCUT2D eigenvalue weighted by Crippen LogP contribution is 2.37. The molecular weight excluding hydrogens is 522 g/mol. The van der Waals surface area contributed by atoms with E-state index in [1.54, 1.807) is 36.9 Å². The number of carbonyl (C=O) groups excluding carboxylic acids is 2. The number of carbonyl (C=O) groups is 2. The first-order chi connectivity index (χ1) is 19.8. The van der Waals surface area contributed by atoms with Crippen LogP contribution in [0.4, 0.5) is 5.69 Å². The minimum Gasteiger partial charge on any atom is -0.487 e. The molecule has 0 atom stereocenters. The molecule has 2 heterocycles. The smallest absolute Gasteiger partial charge is 0.311 e. The highest BCUT2D eigenvalue weighted by Gasteiger charge is 2.40. The number of imide groups is 1. The molecule has 1 saturated carbocycles. The summed E-state index contributed by atoms with van der Waals surface area (Å²) in [6.45, 7) is 3.62. The van der Waals surface area contributed by atoms with Crippen molar-refractivity contribution in [1.82, 2.24) is 14.7 Å². The molecule has 1 aromatic heterocycles. The maximum Gasteiger partial charge on any atom is 0.311 e. The fraction of sp³-hybridized carbons (Fsp3) is 0.290. The number of para-hydroxylation sites is 1. The summed E-state index contributed by atoms with van der Waals surface area (Å²) in [5.74, 6) is -0.860. The number of benzene rings is 2. The molecule has 1 aliphatic heterocycles. The van der Waals surface area contributed by atoms with E-state index in [2.05, 4.69) is 0 Å². The van der Waals surface area contributed by atoms with Crippen molar-refractivity contribution in [3.05, 3.63) is 87.1 Å². The summed E-state index contributed by atoms with van der Waals surface area (Å²) in [5, 5.41) is 26.5. The normalized spacial score (nSPS) is 17.2. The number of aromatic nitrogens is 2. The van der Waals surface area contributed by atoms with E-state index in [-0.39, 0.29) is 35.2 Å². The lowest BCUT2D eigenvalue weighted by Crippen LogP contribution is -2.49. The van der Waals surface area contributed by atoms with E-state index in [1.807, 2.05) is 36.4 Å². The Bertz CT molecular complexity index is 1620. The van der Waals surface area contributed by atoms with E-state index < -0.39 is 16.7 Å². The van der Waals surface area contributed by atoms with Crippen LogP contribution >= 0.6 is 0 Å². The molecule has 1 fully saturated rings. The Morgan fingerprint density at radius 2 is 1.85 bits per heavy atom. The van der Waals surface area contributed by atoms with Gasteiger partial charge in [-0.05, 0) is 62.6 Å². The van der Waals surface area contributed by atoms with Gasteiger partial charge in [-0.2, -0.15) is 10.4 Å². The van der Waals surface area contributed by atoms with Crippen molar-refractivity contribution >= 4 is 23.6 Å². The zero-order chi connectivity index (χ0) is 29.1. The Hall–Kier alpha value is -5.04. The second-order valence-electron chi connectivity index (χ2n) is 10.0. The maximum absolute atomic E-state index is 13.9. The van der Waals surface area contributed by atoms with Crippen LogP contribution < -0.4 is 4.74 Å². The second kappa shape index (κ2) is 11.6. The molecule has 0 bridgehead atoms. The number of nitrogens with zero attached hydrogens (tertiary/aromatic N) is 5. The van der Waals surface area contributed by atoms with Gasteiger partial charge in [-0.25, -0.2) is 4.68 Å². The van der Waals surface area contributed by atoms with Crippen molar-refractivity contribution in [3.63, 3.8) is 0 Å². The quantitative estimate of drug-likeness (QED) is 0.158. The topological polar surface area (TPSA) is 131 Å². The monoisotopic (exact) mass is 551 g/mol. The molecule has 0 N–H and O–H groups in total. The van der Waals surface area contributed by atoms with Crippen LogP contribution in [0.5, 0.6) is 5.75 Å². The van der Waals surface area contributed by atoms with Gasteiger partial charge in [0.15, 0.2) is 5.75 Å². The van der Waals surface area contributed by atoms with Crippen molar-refractivity contribution in [2.45, 2.75) is 52.0 Å². The largest absolute Gasteiger partial charge is 0.487 e. The summed E-state index contributed by atoms with van der Waals surface area (Å²) in [6.07, 6.45) is 7.64. The van der Waals surface area contributed by atoms with Crippen molar-refractivity contribution in [1.29, 1.82) is 5.26 Å². The molecule has 0 unspecified atom stereocenters. The predicted octanol–water partition coefficient (Wildman–Crippen LogP) is 5.77. The van der Waals surface area contributed by atoms with Gasteiger partial charge in [0, 0.05) is 35.0 Å². The molecule has 0 radical (unpaired) electrons. The number of nitro groups is 1. The summed E-state index contributed by atoms with van der Waals surface area (Å²) < 4.78 is 7.08. The minimum absolute atomic E-state index is 0.0601. The number of ether oxygens (including phenoxy) is 1. The summed E-state index contributed by atoms with van der Waals surface area (Å²) >= 11 is 0. The van der Waals surface area contributed by atoms with Crippen LogP contribution in [0.25, 0.3) is 23.0 Å². The number of hydrogen-bond acceptors (Lipinski definition) is 7. The van der Waals surface area contributed by atoms with Crippen LogP contribution in [0.1, 0.15) is 51.5 Å². The van der Waals surface area contributed by atoms with Crippen LogP contribution in [-0.2, 0) is 9.59 Å². The predicted molar refractivity (Wildman–Crippen MR) is 152 cm³/mol. The summed E-state index contributed by atoms with van der Waals surface area (Å²) in [5.41, 5.74) is 2.35. The second-order valence-corrected chi connectivity index (χ2v) is 10.0. The van der Waals surface area contributed by atoms with E-state index >= 15 is 0 Å². The third kappa shape index (κ3) is 5.26. The number of amides is 2. The Morgan fingerprint density at radius 1 is 1.12 bits per heavy atom. The fourth-order valence-corrected chi connectivity index (χ4v) is 5.44. The standard InChI is InChI=1S/C31H29N5O5/c1-3-41-28-15-14-21(17-27(28)36(39)40)29-22(19-34(33-29)23-10-6-4-7-11-23)16-25-20(2)26(18-32)31(38)35(30(25)37)24-12-8-5-9-13-24/h4,6-7,10-11,14-17,19,24H,3,5,8-9,12-13H2,1-2H3/b25-16+. The van der Waals surface area contributed by atoms with Crippen molar-refractivity contribution in [2.24, 2.45) is 0 Å². The lowest BCUT2D eigenvalue weighted by molar-refractivity contribution is -0.385. The molecule has 2 aromatic carbocycles. The SMILES string of the molecule is CCOc1ccc(-c2nn(-c3ccccc3)cc2/C=C2/C(=O)N(C3CCCCC3)C(=O)C(C#N)=C2C)cc1[N+](=O)[O-]. The first-order valence-electron chi connectivity index (χ1n) is 13.6. The number of nitriles is 1. The molecule has 10 heteroatoms.